The van der Waals surface area contributed by atoms with Crippen molar-refractivity contribution >= 4 is 32.2 Å². The number of hydrogen-bond donors (Lipinski definition) is 1. The van der Waals surface area contributed by atoms with Crippen molar-refractivity contribution in [1.82, 2.24) is 9.38 Å². The van der Waals surface area contributed by atoms with Gasteiger partial charge in [-0.15, -0.1) is 11.3 Å². The zero-order valence-electron chi connectivity index (χ0n) is 9.51. The number of ether oxygens (including phenoxy) is 1. The Bertz CT molecular complexity index is 740. The summed E-state index contributed by atoms with van der Waals surface area (Å²) in [5, 5.41) is 11.2. The van der Waals surface area contributed by atoms with E-state index in [1.54, 1.807) is 16.7 Å². The number of aliphatic hydroxyl groups excluding tert-OH is 1. The van der Waals surface area contributed by atoms with E-state index in [-0.39, 0.29) is 18.2 Å². The summed E-state index contributed by atoms with van der Waals surface area (Å²) in [4.78, 5) is 4.91. The maximum Gasteiger partial charge on any atom is 0.244 e. The highest BCUT2D eigenvalue weighted by Crippen LogP contribution is 2.30. The molecule has 4 nitrogen and oxygen atoms in total. The molecule has 0 saturated carbocycles. The molecule has 0 amide bonds. The third-order valence-electron chi connectivity index (χ3n) is 2.57. The van der Waals surface area contributed by atoms with E-state index < -0.39 is 5.82 Å². The number of fused-ring (bicyclic) bond motifs is 1. The molecule has 0 spiro atoms. The van der Waals surface area contributed by atoms with Crippen LogP contribution in [0.15, 0.2) is 34.2 Å². The molecule has 0 bridgehead atoms. The molecule has 2 heterocycles. The van der Waals surface area contributed by atoms with Crippen molar-refractivity contribution in [3.05, 3.63) is 45.8 Å². The van der Waals surface area contributed by atoms with Crippen LogP contribution >= 0.6 is 27.3 Å². The van der Waals surface area contributed by atoms with E-state index in [9.17, 15) is 9.50 Å². The molecule has 1 N–H and O–H groups in total. The molecular weight excluding hydrogens is 335 g/mol. The summed E-state index contributed by atoms with van der Waals surface area (Å²) in [5.41, 5.74) is 0.499. The standard InChI is InChI=1S/C12H8BrFN2O2S/c13-7-1-2-10(8(14)5-7)18-11-9(6-17)16-3-4-19-12(16)15-11/h1-5,17H,6H2. The minimum absolute atomic E-state index is 0.0728. The molecule has 98 valence electrons. The van der Waals surface area contributed by atoms with Crippen molar-refractivity contribution in [2.24, 2.45) is 0 Å². The molecule has 0 radical (unpaired) electrons. The van der Waals surface area contributed by atoms with Crippen molar-refractivity contribution in [2.45, 2.75) is 6.61 Å². The molecule has 0 aliphatic heterocycles. The van der Waals surface area contributed by atoms with Crippen molar-refractivity contribution in [3.63, 3.8) is 0 Å². The lowest BCUT2D eigenvalue weighted by Crippen LogP contribution is -1.95. The van der Waals surface area contributed by atoms with Gasteiger partial charge in [0, 0.05) is 16.0 Å². The predicted octanol–water partition coefficient (Wildman–Crippen LogP) is 3.58. The van der Waals surface area contributed by atoms with Crippen LogP contribution in [-0.2, 0) is 6.61 Å². The van der Waals surface area contributed by atoms with Crippen molar-refractivity contribution in [1.29, 1.82) is 0 Å². The highest BCUT2D eigenvalue weighted by Gasteiger charge is 2.16. The number of rotatable bonds is 3. The second kappa shape index (κ2) is 4.92. The number of aromatic nitrogens is 2. The molecule has 7 heteroatoms. The van der Waals surface area contributed by atoms with Crippen LogP contribution in [0.25, 0.3) is 4.96 Å². The highest BCUT2D eigenvalue weighted by atomic mass is 79.9. The Morgan fingerprint density at radius 1 is 1.47 bits per heavy atom. The second-order valence-electron chi connectivity index (χ2n) is 3.75. The summed E-state index contributed by atoms with van der Waals surface area (Å²) >= 11 is 4.59. The molecule has 0 aliphatic rings. The van der Waals surface area contributed by atoms with Gasteiger partial charge in [-0.25, -0.2) is 4.39 Å². The number of benzene rings is 1. The average molecular weight is 343 g/mol. The maximum absolute atomic E-state index is 13.7. The second-order valence-corrected chi connectivity index (χ2v) is 5.54. The van der Waals surface area contributed by atoms with Crippen molar-refractivity contribution in [3.8, 4) is 11.6 Å². The van der Waals surface area contributed by atoms with E-state index in [1.807, 2.05) is 5.38 Å². The summed E-state index contributed by atoms with van der Waals surface area (Å²) < 4.78 is 21.5. The van der Waals surface area contributed by atoms with Crippen LogP contribution in [0.1, 0.15) is 5.69 Å². The van der Waals surface area contributed by atoms with Gasteiger partial charge in [-0.05, 0) is 18.2 Å². The van der Waals surface area contributed by atoms with Crippen LogP contribution in [0.5, 0.6) is 11.6 Å². The third kappa shape index (κ3) is 2.24. The van der Waals surface area contributed by atoms with Gasteiger partial charge in [0.25, 0.3) is 0 Å². The Morgan fingerprint density at radius 3 is 3.05 bits per heavy atom. The van der Waals surface area contributed by atoms with Crippen molar-refractivity contribution < 1.29 is 14.2 Å². The molecule has 2 aromatic heterocycles. The predicted molar refractivity (Wildman–Crippen MR) is 73.2 cm³/mol. The Morgan fingerprint density at radius 2 is 2.32 bits per heavy atom. The Labute approximate surface area is 120 Å². The lowest BCUT2D eigenvalue weighted by molar-refractivity contribution is 0.269. The van der Waals surface area contributed by atoms with E-state index in [4.69, 9.17) is 4.74 Å². The molecule has 0 aliphatic carbocycles. The number of thiazole rings is 1. The summed E-state index contributed by atoms with van der Waals surface area (Å²) in [6.45, 7) is -0.231. The Kier molecular flexibility index (Phi) is 3.26. The van der Waals surface area contributed by atoms with Gasteiger partial charge in [0.05, 0.1) is 6.61 Å². The van der Waals surface area contributed by atoms with Crippen LogP contribution < -0.4 is 4.74 Å². The summed E-state index contributed by atoms with van der Waals surface area (Å²) in [7, 11) is 0. The van der Waals surface area contributed by atoms with Gasteiger partial charge in [-0.1, -0.05) is 15.9 Å². The Balaban J connectivity index is 2.02. The maximum atomic E-state index is 13.7. The molecule has 0 atom stereocenters. The number of aliphatic hydroxyl groups is 1. The van der Waals surface area contributed by atoms with Gasteiger partial charge < -0.3 is 9.84 Å². The summed E-state index contributed by atoms with van der Waals surface area (Å²) in [6, 6.07) is 4.50. The fraction of sp³-hybridized carbons (Fsp3) is 0.0833. The largest absolute Gasteiger partial charge is 0.434 e. The van der Waals surface area contributed by atoms with Gasteiger partial charge in [0.15, 0.2) is 16.5 Å². The molecule has 0 saturated heterocycles. The first-order chi connectivity index (χ1) is 9.19. The fourth-order valence-corrected chi connectivity index (χ4v) is 2.76. The summed E-state index contributed by atoms with van der Waals surface area (Å²) in [6.07, 6.45) is 1.78. The smallest absolute Gasteiger partial charge is 0.244 e. The first kappa shape index (κ1) is 12.6. The number of hydrogen-bond acceptors (Lipinski definition) is 4. The van der Waals surface area contributed by atoms with Crippen LogP contribution in [0.4, 0.5) is 4.39 Å². The lowest BCUT2D eigenvalue weighted by atomic mass is 10.3. The first-order valence-electron chi connectivity index (χ1n) is 5.37. The number of imidazole rings is 1. The minimum atomic E-state index is -0.491. The third-order valence-corrected chi connectivity index (χ3v) is 3.82. The van der Waals surface area contributed by atoms with E-state index in [1.165, 1.54) is 23.5 Å². The molecule has 0 unspecified atom stereocenters. The highest BCUT2D eigenvalue weighted by molar-refractivity contribution is 9.10. The fourth-order valence-electron chi connectivity index (χ4n) is 1.70. The SMILES string of the molecule is OCc1c(Oc2ccc(Br)cc2F)nc2sccn12. The van der Waals surface area contributed by atoms with E-state index in [0.717, 1.165) is 0 Å². The summed E-state index contributed by atoms with van der Waals surface area (Å²) in [5.74, 6) is -0.200. The van der Waals surface area contributed by atoms with Crippen LogP contribution in [-0.4, -0.2) is 14.5 Å². The topological polar surface area (TPSA) is 46.8 Å². The molecule has 19 heavy (non-hydrogen) atoms. The quantitative estimate of drug-likeness (QED) is 0.791. The van der Waals surface area contributed by atoms with Crippen LogP contribution in [0.3, 0.4) is 0 Å². The van der Waals surface area contributed by atoms with E-state index in [2.05, 4.69) is 20.9 Å². The molecule has 3 aromatic rings. The first-order valence-corrected chi connectivity index (χ1v) is 7.04. The van der Waals surface area contributed by atoms with Gasteiger partial charge in [0.1, 0.15) is 5.69 Å². The van der Waals surface area contributed by atoms with Gasteiger partial charge in [-0.3, -0.25) is 4.40 Å². The van der Waals surface area contributed by atoms with E-state index in [0.29, 0.717) is 15.1 Å². The average Bonchev–Trinajstić information content (AvgIpc) is 2.92. The Hall–Kier alpha value is -1.44. The van der Waals surface area contributed by atoms with Gasteiger partial charge in [-0.2, -0.15) is 4.98 Å². The van der Waals surface area contributed by atoms with Gasteiger partial charge in [0.2, 0.25) is 5.88 Å². The molecule has 0 fully saturated rings. The molecular formula is C12H8BrFN2O2S. The minimum Gasteiger partial charge on any atom is -0.434 e. The van der Waals surface area contributed by atoms with Gasteiger partial charge >= 0.3 is 0 Å². The van der Waals surface area contributed by atoms with E-state index >= 15 is 0 Å². The van der Waals surface area contributed by atoms with Crippen molar-refractivity contribution in [2.75, 3.05) is 0 Å². The zero-order chi connectivity index (χ0) is 13.4. The lowest BCUT2D eigenvalue weighted by Gasteiger charge is -2.05. The molecule has 3 rings (SSSR count). The zero-order valence-corrected chi connectivity index (χ0v) is 11.9. The van der Waals surface area contributed by atoms with Crippen LogP contribution in [0.2, 0.25) is 0 Å². The number of nitrogens with zero attached hydrogens (tertiary/aromatic N) is 2. The normalized spacial score (nSPS) is 11.1. The molecule has 1 aromatic carbocycles. The number of halogens is 2. The monoisotopic (exact) mass is 342 g/mol. The van der Waals surface area contributed by atoms with Crippen LogP contribution in [0, 0.1) is 5.82 Å².